The Labute approximate surface area is 189 Å². The lowest BCUT2D eigenvalue weighted by Gasteiger charge is -2.27. The third kappa shape index (κ3) is 4.38. The first-order valence-corrected chi connectivity index (χ1v) is 11.2. The molecule has 0 radical (unpaired) electrons. The van der Waals surface area contributed by atoms with Crippen molar-refractivity contribution >= 4 is 33.4 Å². The number of ketones is 1. The number of Topliss-reactive ketones (excluding diaryl/α,β-unsaturated/α-hetero) is 1. The Kier molecular flexibility index (Phi) is 6.43. The summed E-state index contributed by atoms with van der Waals surface area (Å²) in [5, 5.41) is 11.1. The molecule has 0 aromatic heterocycles. The van der Waals surface area contributed by atoms with E-state index in [9.17, 15) is 14.7 Å². The molecule has 2 heterocycles. The van der Waals surface area contributed by atoms with Gasteiger partial charge in [0, 0.05) is 23.2 Å². The quantitative estimate of drug-likeness (QED) is 0.371. The van der Waals surface area contributed by atoms with E-state index in [-0.39, 0.29) is 17.4 Å². The first kappa shape index (κ1) is 21.6. The molecule has 2 aromatic rings. The second-order valence-electron chi connectivity index (χ2n) is 7.60. The van der Waals surface area contributed by atoms with Gasteiger partial charge in [-0.05, 0) is 61.7 Å². The topological polar surface area (TPSA) is 76.1 Å². The summed E-state index contributed by atoms with van der Waals surface area (Å²) in [6.45, 7) is 3.39. The van der Waals surface area contributed by atoms with Crippen LogP contribution in [0.5, 0.6) is 5.75 Å². The summed E-state index contributed by atoms with van der Waals surface area (Å²) >= 11 is 3.42. The molecule has 2 saturated heterocycles. The van der Waals surface area contributed by atoms with Crippen molar-refractivity contribution in [1.29, 1.82) is 0 Å². The highest BCUT2D eigenvalue weighted by atomic mass is 79.9. The van der Waals surface area contributed by atoms with Crippen molar-refractivity contribution in [2.45, 2.75) is 31.9 Å². The number of nitrogens with zero attached hydrogens (tertiary/aromatic N) is 1. The number of carbonyl (C=O) groups is 2. The van der Waals surface area contributed by atoms with Crippen molar-refractivity contribution in [3.8, 4) is 5.75 Å². The highest BCUT2D eigenvalue weighted by Gasteiger charge is 2.47. The third-order valence-corrected chi connectivity index (χ3v) is 6.12. The number of amides is 1. The number of rotatable bonds is 6. The van der Waals surface area contributed by atoms with Crippen LogP contribution in [0.15, 0.2) is 58.6 Å². The fourth-order valence-electron chi connectivity index (χ4n) is 4.10. The van der Waals surface area contributed by atoms with Crippen LogP contribution in [0.3, 0.4) is 0 Å². The van der Waals surface area contributed by atoms with E-state index in [1.54, 1.807) is 24.3 Å². The van der Waals surface area contributed by atoms with Crippen molar-refractivity contribution in [3.05, 3.63) is 69.7 Å². The van der Waals surface area contributed by atoms with Crippen LogP contribution in [0, 0.1) is 0 Å². The zero-order valence-corrected chi connectivity index (χ0v) is 18.8. The molecule has 0 saturated carbocycles. The zero-order chi connectivity index (χ0) is 22.0. The predicted octanol–water partition coefficient (Wildman–Crippen LogP) is 4.45. The largest absolute Gasteiger partial charge is 0.507 e. The Hall–Kier alpha value is -2.64. The van der Waals surface area contributed by atoms with Crippen LogP contribution in [0.1, 0.15) is 36.9 Å². The second kappa shape index (κ2) is 9.24. The van der Waals surface area contributed by atoms with Crippen LogP contribution < -0.4 is 4.74 Å². The molecule has 4 rings (SSSR count). The summed E-state index contributed by atoms with van der Waals surface area (Å²) in [7, 11) is 0. The molecule has 2 aliphatic heterocycles. The first-order chi connectivity index (χ1) is 15.0. The van der Waals surface area contributed by atoms with Crippen molar-refractivity contribution in [1.82, 2.24) is 4.90 Å². The third-order valence-electron chi connectivity index (χ3n) is 5.59. The number of benzene rings is 2. The number of aliphatic hydroxyl groups is 1. The van der Waals surface area contributed by atoms with Gasteiger partial charge in [0.25, 0.3) is 11.7 Å². The monoisotopic (exact) mass is 485 g/mol. The Bertz CT molecular complexity index is 994. The molecule has 31 heavy (non-hydrogen) atoms. The SMILES string of the molecule is CCOc1ccc(C(O)=C2C(=O)C(=O)N(C[C@H]3CCCO3)[C@H]2c2ccc(Br)cc2)cc1. The van der Waals surface area contributed by atoms with Crippen LogP contribution in [0.25, 0.3) is 5.76 Å². The molecule has 1 N–H and O–H groups in total. The van der Waals surface area contributed by atoms with E-state index in [4.69, 9.17) is 9.47 Å². The van der Waals surface area contributed by atoms with Gasteiger partial charge in [-0.2, -0.15) is 0 Å². The number of hydrogen-bond donors (Lipinski definition) is 1. The van der Waals surface area contributed by atoms with Gasteiger partial charge in [-0.25, -0.2) is 0 Å². The van der Waals surface area contributed by atoms with E-state index in [2.05, 4.69) is 15.9 Å². The van der Waals surface area contributed by atoms with E-state index in [0.717, 1.165) is 22.9 Å². The van der Waals surface area contributed by atoms with Crippen LogP contribution in [0.2, 0.25) is 0 Å². The van der Waals surface area contributed by atoms with Crippen molar-refractivity contribution in [2.24, 2.45) is 0 Å². The smallest absolute Gasteiger partial charge is 0.295 e. The standard InChI is InChI=1S/C24H24BrNO5/c1-2-30-18-11-7-16(8-12-18)22(27)20-21(15-5-9-17(25)10-6-15)26(24(29)23(20)28)14-19-4-3-13-31-19/h5-12,19,21,27H,2-4,13-14H2,1H3/t19-,21+/m1/s1. The highest BCUT2D eigenvalue weighted by molar-refractivity contribution is 9.10. The molecule has 7 heteroatoms. The van der Waals surface area contributed by atoms with E-state index in [1.807, 2.05) is 31.2 Å². The molecular formula is C24H24BrNO5. The van der Waals surface area contributed by atoms with Crippen molar-refractivity contribution in [2.75, 3.05) is 19.8 Å². The van der Waals surface area contributed by atoms with Crippen molar-refractivity contribution in [3.63, 3.8) is 0 Å². The minimum atomic E-state index is -0.683. The average molecular weight is 486 g/mol. The minimum Gasteiger partial charge on any atom is -0.507 e. The summed E-state index contributed by atoms with van der Waals surface area (Å²) in [6, 6.07) is 13.6. The Morgan fingerprint density at radius 1 is 1.16 bits per heavy atom. The molecule has 2 aliphatic rings. The van der Waals surface area contributed by atoms with E-state index in [0.29, 0.717) is 31.1 Å². The normalized spacial score (nSPS) is 22.8. The molecule has 2 fully saturated rings. The maximum atomic E-state index is 13.0. The van der Waals surface area contributed by atoms with Crippen LogP contribution in [0.4, 0.5) is 0 Å². The molecule has 1 amide bonds. The predicted molar refractivity (Wildman–Crippen MR) is 120 cm³/mol. The maximum Gasteiger partial charge on any atom is 0.295 e. The fourth-order valence-corrected chi connectivity index (χ4v) is 4.36. The van der Waals surface area contributed by atoms with Gasteiger partial charge >= 0.3 is 0 Å². The molecule has 2 atom stereocenters. The highest BCUT2D eigenvalue weighted by Crippen LogP contribution is 2.40. The lowest BCUT2D eigenvalue weighted by atomic mass is 9.95. The van der Waals surface area contributed by atoms with E-state index >= 15 is 0 Å². The number of halogens is 1. The molecule has 0 spiro atoms. The molecule has 6 nitrogen and oxygen atoms in total. The Morgan fingerprint density at radius 3 is 2.48 bits per heavy atom. The Morgan fingerprint density at radius 2 is 1.87 bits per heavy atom. The first-order valence-electron chi connectivity index (χ1n) is 10.4. The summed E-state index contributed by atoms with van der Waals surface area (Å²) in [4.78, 5) is 27.5. The van der Waals surface area contributed by atoms with Crippen LogP contribution >= 0.6 is 15.9 Å². The summed E-state index contributed by atoms with van der Waals surface area (Å²) in [5.41, 5.74) is 1.31. The minimum absolute atomic E-state index is 0.0921. The fraction of sp³-hybridized carbons (Fsp3) is 0.333. The number of likely N-dealkylation sites (tertiary alicyclic amines) is 1. The molecule has 0 aliphatic carbocycles. The molecule has 2 aromatic carbocycles. The lowest BCUT2D eigenvalue weighted by molar-refractivity contribution is -0.140. The molecular weight excluding hydrogens is 462 g/mol. The van der Waals surface area contributed by atoms with Gasteiger partial charge in [-0.3, -0.25) is 9.59 Å². The number of ether oxygens (including phenoxy) is 2. The molecule has 162 valence electrons. The van der Waals surface area contributed by atoms with E-state index < -0.39 is 17.7 Å². The second-order valence-corrected chi connectivity index (χ2v) is 8.51. The van der Waals surface area contributed by atoms with Gasteiger partial charge in [0.05, 0.1) is 24.3 Å². The summed E-state index contributed by atoms with van der Waals surface area (Å²) in [5.74, 6) is -0.820. The zero-order valence-electron chi connectivity index (χ0n) is 17.2. The molecule has 0 unspecified atom stereocenters. The number of aliphatic hydroxyl groups excluding tert-OH is 1. The van der Waals surface area contributed by atoms with Gasteiger partial charge in [0.1, 0.15) is 11.5 Å². The van der Waals surface area contributed by atoms with E-state index in [1.165, 1.54) is 4.90 Å². The summed E-state index contributed by atoms with van der Waals surface area (Å²) in [6.07, 6.45) is 1.67. The number of carbonyl (C=O) groups excluding carboxylic acids is 2. The van der Waals surface area contributed by atoms with Gasteiger partial charge in [0.15, 0.2) is 0 Å². The maximum absolute atomic E-state index is 13.0. The Balaban J connectivity index is 1.77. The van der Waals surface area contributed by atoms with Crippen LogP contribution in [-0.2, 0) is 14.3 Å². The summed E-state index contributed by atoms with van der Waals surface area (Å²) < 4.78 is 12.1. The van der Waals surface area contributed by atoms with Gasteiger partial charge in [-0.15, -0.1) is 0 Å². The van der Waals surface area contributed by atoms with Crippen molar-refractivity contribution < 1.29 is 24.2 Å². The average Bonchev–Trinajstić information content (AvgIpc) is 3.37. The van der Waals surface area contributed by atoms with Crippen LogP contribution in [-0.4, -0.2) is 47.6 Å². The van der Waals surface area contributed by atoms with Gasteiger partial charge < -0.3 is 19.5 Å². The molecule has 0 bridgehead atoms. The lowest BCUT2D eigenvalue weighted by Crippen LogP contribution is -2.36. The van der Waals surface area contributed by atoms with Gasteiger partial charge in [0.2, 0.25) is 0 Å². The number of hydrogen-bond acceptors (Lipinski definition) is 5. The van der Waals surface area contributed by atoms with Gasteiger partial charge in [-0.1, -0.05) is 28.1 Å².